The Morgan fingerprint density at radius 1 is 1.26 bits per heavy atom. The van der Waals surface area contributed by atoms with Gasteiger partial charge in [-0.05, 0) is 54.9 Å². The Hall–Kier alpha value is -1.09. The first-order valence-corrected chi connectivity index (χ1v) is 7.33. The van der Waals surface area contributed by atoms with Crippen LogP contribution >= 0.6 is 12.2 Å². The number of benzene rings is 1. The van der Waals surface area contributed by atoms with E-state index < -0.39 is 0 Å². The number of hydrogen-bond donors (Lipinski definition) is 1. The molecule has 1 aliphatic carbocycles. The standard InChI is InChI=1S/C16H23NOS/c1-11-8-14(10-16(2,3)9-11)18-13-6-4-12(5-7-13)15(17)19/h4-7,11,14H,8-10H2,1-3H3,(H2,17,19). The maximum Gasteiger partial charge on any atom is 0.119 e. The number of hydrogen-bond acceptors (Lipinski definition) is 2. The molecule has 2 unspecified atom stereocenters. The molecule has 1 saturated carbocycles. The fourth-order valence-corrected chi connectivity index (χ4v) is 3.37. The van der Waals surface area contributed by atoms with Gasteiger partial charge in [-0.25, -0.2) is 0 Å². The Balaban J connectivity index is 2.02. The summed E-state index contributed by atoms with van der Waals surface area (Å²) >= 11 is 4.95. The summed E-state index contributed by atoms with van der Waals surface area (Å²) in [6.45, 7) is 6.97. The lowest BCUT2D eigenvalue weighted by molar-refractivity contribution is 0.0562. The Bertz CT molecular complexity index is 452. The summed E-state index contributed by atoms with van der Waals surface area (Å²) in [6, 6.07) is 7.77. The Morgan fingerprint density at radius 3 is 2.42 bits per heavy atom. The maximum absolute atomic E-state index is 6.11. The lowest BCUT2D eigenvalue weighted by atomic mass is 9.71. The van der Waals surface area contributed by atoms with Crippen molar-refractivity contribution in [3.63, 3.8) is 0 Å². The molecule has 0 radical (unpaired) electrons. The van der Waals surface area contributed by atoms with Crippen LogP contribution in [0.3, 0.4) is 0 Å². The molecule has 0 aromatic heterocycles. The predicted molar refractivity (Wildman–Crippen MR) is 83.5 cm³/mol. The zero-order valence-corrected chi connectivity index (χ0v) is 12.8. The van der Waals surface area contributed by atoms with Gasteiger partial charge in [-0.3, -0.25) is 0 Å². The molecule has 0 amide bonds. The summed E-state index contributed by atoms with van der Waals surface area (Å²) in [5, 5.41) is 0. The van der Waals surface area contributed by atoms with Crippen molar-refractivity contribution in [3.8, 4) is 5.75 Å². The number of ether oxygens (including phenoxy) is 1. The maximum atomic E-state index is 6.11. The molecule has 3 heteroatoms. The van der Waals surface area contributed by atoms with Crippen molar-refractivity contribution >= 4 is 17.2 Å². The number of thiocarbonyl (C=S) groups is 1. The van der Waals surface area contributed by atoms with Crippen LogP contribution in [-0.4, -0.2) is 11.1 Å². The van der Waals surface area contributed by atoms with Crippen LogP contribution in [-0.2, 0) is 0 Å². The lowest BCUT2D eigenvalue weighted by Crippen LogP contribution is -2.34. The van der Waals surface area contributed by atoms with Crippen LogP contribution in [0, 0.1) is 11.3 Å². The van der Waals surface area contributed by atoms with Crippen LogP contribution in [0.2, 0.25) is 0 Å². The van der Waals surface area contributed by atoms with E-state index in [0.29, 0.717) is 16.5 Å². The van der Waals surface area contributed by atoms with Crippen molar-refractivity contribution in [1.82, 2.24) is 0 Å². The van der Waals surface area contributed by atoms with Gasteiger partial charge in [-0.1, -0.05) is 33.0 Å². The summed E-state index contributed by atoms with van der Waals surface area (Å²) in [5.74, 6) is 1.64. The summed E-state index contributed by atoms with van der Waals surface area (Å²) in [7, 11) is 0. The molecule has 2 nitrogen and oxygen atoms in total. The minimum absolute atomic E-state index is 0.314. The topological polar surface area (TPSA) is 35.2 Å². The smallest absolute Gasteiger partial charge is 0.119 e. The highest BCUT2D eigenvalue weighted by Gasteiger charge is 2.33. The molecule has 2 N–H and O–H groups in total. The number of rotatable bonds is 3. The Labute approximate surface area is 121 Å². The van der Waals surface area contributed by atoms with Crippen molar-refractivity contribution in [2.45, 2.75) is 46.1 Å². The van der Waals surface area contributed by atoms with Crippen molar-refractivity contribution < 1.29 is 4.74 Å². The van der Waals surface area contributed by atoms with Crippen LogP contribution < -0.4 is 10.5 Å². The van der Waals surface area contributed by atoms with Crippen molar-refractivity contribution in [3.05, 3.63) is 29.8 Å². The van der Waals surface area contributed by atoms with Gasteiger partial charge < -0.3 is 10.5 Å². The molecular weight excluding hydrogens is 254 g/mol. The van der Waals surface area contributed by atoms with E-state index in [-0.39, 0.29) is 0 Å². The lowest BCUT2D eigenvalue weighted by Gasteiger charge is -2.38. The first-order valence-electron chi connectivity index (χ1n) is 6.92. The molecule has 0 heterocycles. The SMILES string of the molecule is CC1CC(Oc2ccc(C(N)=S)cc2)CC(C)(C)C1. The highest BCUT2D eigenvalue weighted by atomic mass is 32.1. The Morgan fingerprint density at radius 2 is 1.89 bits per heavy atom. The predicted octanol–water partition coefficient (Wildman–Crippen LogP) is 3.91. The molecule has 104 valence electrons. The van der Waals surface area contributed by atoms with Gasteiger partial charge >= 0.3 is 0 Å². The summed E-state index contributed by atoms with van der Waals surface area (Å²) < 4.78 is 6.11. The molecule has 1 aliphatic rings. The zero-order chi connectivity index (χ0) is 14.0. The molecule has 0 bridgehead atoms. The van der Waals surface area contributed by atoms with Crippen molar-refractivity contribution in [1.29, 1.82) is 0 Å². The van der Waals surface area contributed by atoms with Gasteiger partial charge in [-0.2, -0.15) is 0 Å². The summed E-state index contributed by atoms with van der Waals surface area (Å²) in [6.07, 6.45) is 3.86. The molecular formula is C16H23NOS. The van der Waals surface area contributed by atoms with E-state index in [9.17, 15) is 0 Å². The van der Waals surface area contributed by atoms with Gasteiger partial charge in [0, 0.05) is 5.56 Å². The van der Waals surface area contributed by atoms with Gasteiger partial charge in [0.05, 0.1) is 6.10 Å². The normalized spacial score (nSPS) is 25.8. The van der Waals surface area contributed by atoms with Crippen LogP contribution in [0.15, 0.2) is 24.3 Å². The first-order chi connectivity index (χ1) is 8.85. The second kappa shape index (κ2) is 5.49. The quantitative estimate of drug-likeness (QED) is 0.851. The fourth-order valence-electron chi connectivity index (χ4n) is 3.24. The minimum Gasteiger partial charge on any atom is -0.490 e. The second-order valence-electron chi connectivity index (χ2n) is 6.54. The second-order valence-corrected chi connectivity index (χ2v) is 6.98. The summed E-state index contributed by atoms with van der Waals surface area (Å²) in [4.78, 5) is 0.430. The molecule has 2 rings (SSSR count). The highest BCUT2D eigenvalue weighted by Crippen LogP contribution is 2.39. The van der Waals surface area contributed by atoms with Gasteiger partial charge in [0.25, 0.3) is 0 Å². The van der Waals surface area contributed by atoms with E-state index in [1.807, 2.05) is 24.3 Å². The fraction of sp³-hybridized carbons (Fsp3) is 0.562. The molecule has 0 saturated heterocycles. The van der Waals surface area contributed by atoms with Crippen LogP contribution in [0.4, 0.5) is 0 Å². The average Bonchev–Trinajstić information content (AvgIpc) is 2.26. The van der Waals surface area contributed by atoms with Crippen molar-refractivity contribution in [2.24, 2.45) is 17.1 Å². The largest absolute Gasteiger partial charge is 0.490 e. The van der Waals surface area contributed by atoms with Gasteiger partial charge in [0.15, 0.2) is 0 Å². The average molecular weight is 277 g/mol. The molecule has 1 aromatic rings. The molecule has 0 aliphatic heterocycles. The van der Waals surface area contributed by atoms with Crippen LogP contribution in [0.25, 0.3) is 0 Å². The first kappa shape index (κ1) is 14.3. The monoisotopic (exact) mass is 277 g/mol. The summed E-state index contributed by atoms with van der Waals surface area (Å²) in [5.41, 5.74) is 6.86. The van der Waals surface area contributed by atoms with Gasteiger partial charge in [0.2, 0.25) is 0 Å². The van der Waals surface area contributed by atoms with Crippen molar-refractivity contribution in [2.75, 3.05) is 0 Å². The van der Waals surface area contributed by atoms with E-state index in [0.717, 1.165) is 30.1 Å². The molecule has 2 atom stereocenters. The third-order valence-electron chi connectivity index (χ3n) is 3.79. The van der Waals surface area contributed by atoms with E-state index in [4.69, 9.17) is 22.7 Å². The number of nitrogens with two attached hydrogens (primary N) is 1. The third-order valence-corrected chi connectivity index (χ3v) is 4.02. The molecule has 1 fully saturated rings. The molecule has 19 heavy (non-hydrogen) atoms. The minimum atomic E-state index is 0.314. The molecule has 0 spiro atoms. The molecule has 1 aromatic carbocycles. The van der Waals surface area contributed by atoms with Gasteiger partial charge in [-0.15, -0.1) is 0 Å². The highest BCUT2D eigenvalue weighted by molar-refractivity contribution is 7.80. The zero-order valence-electron chi connectivity index (χ0n) is 12.0. The van der Waals surface area contributed by atoms with Crippen LogP contribution in [0.1, 0.15) is 45.6 Å². The third kappa shape index (κ3) is 3.93. The van der Waals surface area contributed by atoms with Crippen LogP contribution in [0.5, 0.6) is 5.75 Å². The van der Waals surface area contributed by atoms with E-state index in [1.165, 1.54) is 6.42 Å². The van der Waals surface area contributed by atoms with E-state index in [2.05, 4.69) is 20.8 Å². The van der Waals surface area contributed by atoms with E-state index in [1.54, 1.807) is 0 Å². The van der Waals surface area contributed by atoms with Gasteiger partial charge in [0.1, 0.15) is 10.7 Å². The van der Waals surface area contributed by atoms with E-state index >= 15 is 0 Å². The Kier molecular flexibility index (Phi) is 4.14.